The lowest BCUT2D eigenvalue weighted by molar-refractivity contribution is 0.102. The molecule has 0 heterocycles. The third kappa shape index (κ3) is 2.82. The van der Waals surface area contributed by atoms with Crippen molar-refractivity contribution in [2.45, 2.75) is 27.7 Å². The first-order chi connectivity index (χ1) is 9.38. The van der Waals surface area contributed by atoms with Crippen LogP contribution in [0.15, 0.2) is 30.3 Å². The predicted octanol–water partition coefficient (Wildman–Crippen LogP) is 3.75. The number of aryl methyl sites for hydroxylation is 4. The van der Waals surface area contributed by atoms with Gasteiger partial charge in [-0.15, -0.1) is 0 Å². The summed E-state index contributed by atoms with van der Waals surface area (Å²) >= 11 is 0. The first kappa shape index (κ1) is 14.1. The fourth-order valence-corrected chi connectivity index (χ4v) is 2.17. The Kier molecular flexibility index (Phi) is 3.79. The Balaban J connectivity index is 2.32. The third-order valence-electron chi connectivity index (χ3n) is 3.50. The Morgan fingerprint density at radius 2 is 1.65 bits per heavy atom. The summed E-state index contributed by atoms with van der Waals surface area (Å²) in [5, 5.41) is 2.94. The maximum absolute atomic E-state index is 12.4. The van der Waals surface area contributed by atoms with Crippen LogP contribution in [0.3, 0.4) is 0 Å². The van der Waals surface area contributed by atoms with Gasteiger partial charge in [0.1, 0.15) is 0 Å². The van der Waals surface area contributed by atoms with Crippen LogP contribution in [0.4, 0.5) is 11.4 Å². The minimum absolute atomic E-state index is 0.0995. The van der Waals surface area contributed by atoms with Crippen LogP contribution in [-0.2, 0) is 0 Å². The molecule has 0 atom stereocenters. The molecule has 0 unspecified atom stereocenters. The van der Waals surface area contributed by atoms with Crippen LogP contribution < -0.4 is 11.1 Å². The minimum atomic E-state index is -0.0995. The second-order valence-electron chi connectivity index (χ2n) is 5.30. The van der Waals surface area contributed by atoms with Crippen molar-refractivity contribution in [3.8, 4) is 0 Å². The standard InChI is InChI=1S/C17H20N2O/c1-10-5-6-11(2)14(7-10)17(20)19-16-9-15(18)12(3)8-13(16)4/h5-9H,18H2,1-4H3,(H,19,20). The number of nitrogens with two attached hydrogens (primary N) is 1. The van der Waals surface area contributed by atoms with Gasteiger partial charge in [-0.2, -0.15) is 0 Å². The maximum atomic E-state index is 12.4. The number of benzene rings is 2. The summed E-state index contributed by atoms with van der Waals surface area (Å²) in [5.74, 6) is -0.0995. The van der Waals surface area contributed by atoms with Crippen molar-refractivity contribution >= 4 is 17.3 Å². The van der Waals surface area contributed by atoms with Crippen molar-refractivity contribution in [3.05, 3.63) is 58.1 Å². The topological polar surface area (TPSA) is 55.1 Å². The van der Waals surface area contributed by atoms with Crippen molar-refractivity contribution in [2.75, 3.05) is 11.1 Å². The summed E-state index contributed by atoms with van der Waals surface area (Å²) in [4.78, 5) is 12.4. The molecule has 0 bridgehead atoms. The largest absolute Gasteiger partial charge is 0.398 e. The van der Waals surface area contributed by atoms with Crippen LogP contribution >= 0.6 is 0 Å². The van der Waals surface area contributed by atoms with Gasteiger partial charge in [0, 0.05) is 16.9 Å². The Morgan fingerprint density at radius 3 is 2.35 bits per heavy atom. The number of carbonyl (C=O) groups excluding carboxylic acids is 1. The molecule has 2 rings (SSSR count). The van der Waals surface area contributed by atoms with Gasteiger partial charge in [0.2, 0.25) is 0 Å². The molecule has 3 N–H and O–H groups in total. The van der Waals surface area contributed by atoms with E-state index in [2.05, 4.69) is 5.32 Å². The van der Waals surface area contributed by atoms with Gasteiger partial charge in [0.05, 0.1) is 0 Å². The van der Waals surface area contributed by atoms with E-state index in [9.17, 15) is 4.79 Å². The average Bonchev–Trinajstić information content (AvgIpc) is 2.38. The van der Waals surface area contributed by atoms with E-state index in [-0.39, 0.29) is 5.91 Å². The van der Waals surface area contributed by atoms with Crippen molar-refractivity contribution < 1.29 is 4.79 Å². The maximum Gasteiger partial charge on any atom is 0.255 e. The lowest BCUT2D eigenvalue weighted by atomic mass is 10.0. The number of amides is 1. The van der Waals surface area contributed by atoms with Crippen LogP contribution in [0.5, 0.6) is 0 Å². The van der Waals surface area contributed by atoms with Gasteiger partial charge in [0.15, 0.2) is 0 Å². The molecular weight excluding hydrogens is 248 g/mol. The van der Waals surface area contributed by atoms with Gasteiger partial charge in [-0.1, -0.05) is 23.8 Å². The van der Waals surface area contributed by atoms with Crippen molar-refractivity contribution in [3.63, 3.8) is 0 Å². The second kappa shape index (κ2) is 5.37. The van der Waals surface area contributed by atoms with Crippen molar-refractivity contribution in [1.29, 1.82) is 0 Å². The molecule has 2 aromatic carbocycles. The van der Waals surface area contributed by atoms with E-state index in [0.717, 1.165) is 27.9 Å². The summed E-state index contributed by atoms with van der Waals surface area (Å²) in [6.07, 6.45) is 0. The number of nitrogens with one attached hydrogen (secondary N) is 1. The van der Waals surface area contributed by atoms with Crippen LogP contribution in [0.2, 0.25) is 0 Å². The molecular formula is C17H20N2O. The van der Waals surface area contributed by atoms with Crippen LogP contribution in [0, 0.1) is 27.7 Å². The number of hydrogen-bond donors (Lipinski definition) is 2. The van der Waals surface area contributed by atoms with Gasteiger partial charge in [-0.3, -0.25) is 4.79 Å². The van der Waals surface area contributed by atoms with E-state index >= 15 is 0 Å². The summed E-state index contributed by atoms with van der Waals surface area (Å²) < 4.78 is 0. The molecule has 2 aromatic rings. The quantitative estimate of drug-likeness (QED) is 0.815. The smallest absolute Gasteiger partial charge is 0.255 e. The summed E-state index contributed by atoms with van der Waals surface area (Å²) in [7, 11) is 0. The zero-order chi connectivity index (χ0) is 14.9. The normalized spacial score (nSPS) is 10.4. The summed E-state index contributed by atoms with van der Waals surface area (Å²) in [6, 6.07) is 9.65. The number of carbonyl (C=O) groups is 1. The van der Waals surface area contributed by atoms with Crippen LogP contribution in [0.25, 0.3) is 0 Å². The Morgan fingerprint density at radius 1 is 0.950 bits per heavy atom. The van der Waals surface area contributed by atoms with Crippen LogP contribution in [-0.4, -0.2) is 5.91 Å². The Hall–Kier alpha value is -2.29. The molecule has 0 aromatic heterocycles. The van der Waals surface area contributed by atoms with Gasteiger partial charge < -0.3 is 11.1 Å². The van der Waals surface area contributed by atoms with E-state index in [1.807, 2.05) is 58.0 Å². The lowest BCUT2D eigenvalue weighted by Gasteiger charge is -2.12. The zero-order valence-electron chi connectivity index (χ0n) is 12.4. The number of nitrogen functional groups attached to an aromatic ring is 1. The molecule has 0 saturated carbocycles. The average molecular weight is 268 g/mol. The molecule has 3 heteroatoms. The molecule has 1 amide bonds. The Labute approximate surface area is 119 Å². The monoisotopic (exact) mass is 268 g/mol. The fraction of sp³-hybridized carbons (Fsp3) is 0.235. The van der Waals surface area contributed by atoms with Gasteiger partial charge >= 0.3 is 0 Å². The second-order valence-corrected chi connectivity index (χ2v) is 5.30. The van der Waals surface area contributed by atoms with Gasteiger partial charge in [0.25, 0.3) is 5.91 Å². The fourth-order valence-electron chi connectivity index (χ4n) is 2.17. The van der Waals surface area contributed by atoms with E-state index in [1.165, 1.54) is 0 Å². The van der Waals surface area contributed by atoms with Gasteiger partial charge in [-0.05, 0) is 56.5 Å². The number of hydrogen-bond acceptors (Lipinski definition) is 2. The highest BCUT2D eigenvalue weighted by Crippen LogP contribution is 2.23. The highest BCUT2D eigenvalue weighted by atomic mass is 16.1. The number of rotatable bonds is 2. The molecule has 0 saturated heterocycles. The molecule has 0 aliphatic heterocycles. The third-order valence-corrected chi connectivity index (χ3v) is 3.50. The lowest BCUT2D eigenvalue weighted by Crippen LogP contribution is -2.14. The van der Waals surface area contributed by atoms with Crippen molar-refractivity contribution in [1.82, 2.24) is 0 Å². The molecule has 0 aliphatic carbocycles. The highest BCUT2D eigenvalue weighted by molar-refractivity contribution is 6.06. The molecule has 0 spiro atoms. The summed E-state index contributed by atoms with van der Waals surface area (Å²) in [5.41, 5.74) is 12.1. The highest BCUT2D eigenvalue weighted by Gasteiger charge is 2.11. The molecule has 0 aliphatic rings. The number of anilines is 2. The Bertz CT molecular complexity index is 675. The van der Waals surface area contributed by atoms with E-state index in [1.54, 1.807) is 0 Å². The molecule has 0 radical (unpaired) electrons. The van der Waals surface area contributed by atoms with E-state index in [0.29, 0.717) is 11.3 Å². The minimum Gasteiger partial charge on any atom is -0.398 e. The SMILES string of the molecule is Cc1ccc(C)c(C(=O)Nc2cc(N)c(C)cc2C)c1. The van der Waals surface area contributed by atoms with Gasteiger partial charge in [-0.25, -0.2) is 0 Å². The first-order valence-corrected chi connectivity index (χ1v) is 6.64. The van der Waals surface area contributed by atoms with Crippen molar-refractivity contribution in [2.24, 2.45) is 0 Å². The first-order valence-electron chi connectivity index (χ1n) is 6.64. The molecule has 3 nitrogen and oxygen atoms in total. The molecule has 104 valence electrons. The van der Waals surface area contributed by atoms with Crippen LogP contribution in [0.1, 0.15) is 32.6 Å². The summed E-state index contributed by atoms with van der Waals surface area (Å²) in [6.45, 7) is 7.83. The predicted molar refractivity (Wildman–Crippen MR) is 84.2 cm³/mol. The zero-order valence-corrected chi connectivity index (χ0v) is 12.4. The molecule has 20 heavy (non-hydrogen) atoms. The molecule has 0 fully saturated rings. The van der Waals surface area contributed by atoms with E-state index < -0.39 is 0 Å². The van der Waals surface area contributed by atoms with E-state index in [4.69, 9.17) is 5.73 Å².